The lowest BCUT2D eigenvalue weighted by atomic mass is 10.1. The van der Waals surface area contributed by atoms with Gasteiger partial charge in [-0.15, -0.1) is 0 Å². The molecule has 0 aliphatic heterocycles. The number of amides is 2. The number of nitriles is 1. The van der Waals surface area contributed by atoms with Crippen molar-refractivity contribution in [2.75, 3.05) is 7.11 Å². The normalized spacial score (nSPS) is 15.0. The van der Waals surface area contributed by atoms with Gasteiger partial charge in [-0.05, 0) is 51.3 Å². The lowest BCUT2D eigenvalue weighted by molar-refractivity contribution is -0.150. The predicted octanol–water partition coefficient (Wildman–Crippen LogP) is 2.16. The van der Waals surface area contributed by atoms with E-state index in [1.54, 1.807) is 6.07 Å². The van der Waals surface area contributed by atoms with Gasteiger partial charge in [0.2, 0.25) is 0 Å². The number of rotatable bonds is 5. The Morgan fingerprint density at radius 3 is 2.58 bits per heavy atom. The maximum Gasteiger partial charge on any atom is 0.413 e. The maximum absolute atomic E-state index is 12.2. The summed E-state index contributed by atoms with van der Waals surface area (Å²) in [5.41, 5.74) is 2.57. The third-order valence-corrected chi connectivity index (χ3v) is 4.14. The van der Waals surface area contributed by atoms with E-state index in [0.29, 0.717) is 6.04 Å². The molecular weight excluding hydrogens is 338 g/mol. The molecule has 0 saturated heterocycles. The summed E-state index contributed by atoms with van der Waals surface area (Å²) in [6, 6.07) is 4.19. The number of ether oxygens (including phenoxy) is 2. The maximum atomic E-state index is 12.2. The number of methoxy groups -OCH3 is 1. The first kappa shape index (κ1) is 19.2. The van der Waals surface area contributed by atoms with E-state index in [9.17, 15) is 19.6 Å². The van der Waals surface area contributed by atoms with E-state index in [-0.39, 0.29) is 5.57 Å². The topological polar surface area (TPSA) is 110 Å². The zero-order valence-corrected chi connectivity index (χ0v) is 15.2. The number of esters is 1. The van der Waals surface area contributed by atoms with E-state index in [1.807, 2.05) is 25.2 Å². The van der Waals surface area contributed by atoms with Crippen molar-refractivity contribution in [1.82, 2.24) is 9.88 Å². The molecule has 1 fully saturated rings. The standard InChI is InChI=1S/C18H21N3O5/c1-10-7-13(11(2)21(10)15-5-6-15)8-14(9-19)17(23)26-12(3)16(22)20-18(24)25-4/h7-8,12,15H,5-6H2,1-4H3,(H,20,22,24)/b14-8+/t12-/m1/s1. The average molecular weight is 359 g/mol. The number of carbonyl (C=O) groups is 3. The molecule has 0 radical (unpaired) electrons. The first-order chi connectivity index (χ1) is 12.3. The fourth-order valence-corrected chi connectivity index (χ4v) is 2.67. The van der Waals surface area contributed by atoms with Crippen molar-refractivity contribution in [3.63, 3.8) is 0 Å². The lowest BCUT2D eigenvalue weighted by Gasteiger charge is -2.11. The molecule has 138 valence electrons. The van der Waals surface area contributed by atoms with Crippen LogP contribution in [0.25, 0.3) is 6.08 Å². The molecule has 1 saturated carbocycles. The fourth-order valence-electron chi connectivity index (χ4n) is 2.67. The van der Waals surface area contributed by atoms with Gasteiger partial charge in [0.15, 0.2) is 6.10 Å². The summed E-state index contributed by atoms with van der Waals surface area (Å²) >= 11 is 0. The minimum atomic E-state index is -1.25. The average Bonchev–Trinajstić information content (AvgIpc) is 3.38. The quantitative estimate of drug-likeness (QED) is 0.490. The number of carbonyl (C=O) groups excluding carboxylic acids is 3. The summed E-state index contributed by atoms with van der Waals surface area (Å²) < 4.78 is 11.5. The van der Waals surface area contributed by atoms with Crippen molar-refractivity contribution < 1.29 is 23.9 Å². The minimum absolute atomic E-state index is 0.223. The van der Waals surface area contributed by atoms with Gasteiger partial charge in [-0.2, -0.15) is 5.26 Å². The molecule has 1 aromatic heterocycles. The van der Waals surface area contributed by atoms with Crippen LogP contribution in [0.5, 0.6) is 0 Å². The number of aryl methyl sites for hydroxylation is 1. The van der Waals surface area contributed by atoms with Crippen molar-refractivity contribution in [1.29, 1.82) is 5.26 Å². The van der Waals surface area contributed by atoms with E-state index >= 15 is 0 Å². The molecule has 0 bridgehead atoms. The van der Waals surface area contributed by atoms with Crippen LogP contribution < -0.4 is 5.32 Å². The van der Waals surface area contributed by atoms with Crippen LogP contribution in [0.2, 0.25) is 0 Å². The molecule has 1 aliphatic rings. The Balaban J connectivity index is 2.13. The zero-order chi connectivity index (χ0) is 19.4. The van der Waals surface area contributed by atoms with Crippen LogP contribution in [0.15, 0.2) is 11.6 Å². The Bertz CT molecular complexity index is 812. The van der Waals surface area contributed by atoms with Crippen LogP contribution in [0.4, 0.5) is 4.79 Å². The van der Waals surface area contributed by atoms with Crippen molar-refractivity contribution >= 4 is 24.0 Å². The van der Waals surface area contributed by atoms with E-state index in [1.165, 1.54) is 13.0 Å². The molecule has 1 heterocycles. The van der Waals surface area contributed by atoms with Crippen LogP contribution in [-0.2, 0) is 19.1 Å². The van der Waals surface area contributed by atoms with Crippen LogP contribution >= 0.6 is 0 Å². The Morgan fingerprint density at radius 1 is 1.38 bits per heavy atom. The molecule has 1 atom stereocenters. The van der Waals surface area contributed by atoms with Gasteiger partial charge in [0.25, 0.3) is 5.91 Å². The SMILES string of the molecule is COC(=O)NC(=O)[C@@H](C)OC(=O)/C(C#N)=C/c1cc(C)n(C2CC2)c1C. The van der Waals surface area contributed by atoms with E-state index < -0.39 is 24.1 Å². The number of hydrogen-bond donors (Lipinski definition) is 1. The highest BCUT2D eigenvalue weighted by Gasteiger charge is 2.27. The third kappa shape index (κ3) is 4.30. The number of nitrogens with zero attached hydrogens (tertiary/aromatic N) is 2. The molecule has 2 rings (SSSR count). The largest absolute Gasteiger partial charge is 0.453 e. The van der Waals surface area contributed by atoms with Crippen molar-refractivity contribution in [3.8, 4) is 6.07 Å². The molecular formula is C18H21N3O5. The van der Waals surface area contributed by atoms with Crippen LogP contribution in [-0.4, -0.2) is 35.8 Å². The van der Waals surface area contributed by atoms with Gasteiger partial charge < -0.3 is 14.0 Å². The molecule has 8 heteroatoms. The Kier molecular flexibility index (Phi) is 5.82. The first-order valence-corrected chi connectivity index (χ1v) is 8.18. The molecule has 1 N–H and O–H groups in total. The first-order valence-electron chi connectivity index (χ1n) is 8.18. The molecule has 0 aromatic carbocycles. The van der Waals surface area contributed by atoms with E-state index in [4.69, 9.17) is 4.74 Å². The molecule has 0 unspecified atom stereocenters. The van der Waals surface area contributed by atoms with Crippen LogP contribution in [0.1, 0.15) is 42.8 Å². The van der Waals surface area contributed by atoms with Crippen LogP contribution in [0, 0.1) is 25.2 Å². The summed E-state index contributed by atoms with van der Waals surface area (Å²) in [5, 5.41) is 11.2. The van der Waals surface area contributed by atoms with Gasteiger partial charge in [0.05, 0.1) is 7.11 Å². The Morgan fingerprint density at radius 2 is 2.04 bits per heavy atom. The molecule has 2 amide bonds. The predicted molar refractivity (Wildman–Crippen MR) is 91.9 cm³/mol. The second kappa shape index (κ2) is 7.87. The fraction of sp³-hybridized carbons (Fsp3) is 0.444. The number of aromatic nitrogens is 1. The number of nitrogens with one attached hydrogen (secondary N) is 1. The van der Waals surface area contributed by atoms with Gasteiger partial charge in [-0.3, -0.25) is 10.1 Å². The highest BCUT2D eigenvalue weighted by Crippen LogP contribution is 2.38. The molecule has 26 heavy (non-hydrogen) atoms. The molecule has 1 aliphatic carbocycles. The highest BCUT2D eigenvalue weighted by atomic mass is 16.6. The monoisotopic (exact) mass is 359 g/mol. The minimum Gasteiger partial charge on any atom is -0.453 e. The third-order valence-electron chi connectivity index (χ3n) is 4.14. The van der Waals surface area contributed by atoms with Gasteiger partial charge in [0.1, 0.15) is 11.6 Å². The Hall–Kier alpha value is -3.08. The summed E-state index contributed by atoms with van der Waals surface area (Å²) in [7, 11) is 1.11. The van der Waals surface area contributed by atoms with Crippen LogP contribution in [0.3, 0.4) is 0 Å². The van der Waals surface area contributed by atoms with Crippen molar-refractivity contribution in [2.45, 2.75) is 45.8 Å². The number of alkyl carbamates (subject to hydrolysis) is 1. The number of imide groups is 1. The van der Waals surface area contributed by atoms with Gasteiger partial charge in [0, 0.05) is 17.4 Å². The van der Waals surface area contributed by atoms with Crippen molar-refractivity contribution in [2.24, 2.45) is 0 Å². The Labute approximate surface area is 151 Å². The summed E-state index contributed by atoms with van der Waals surface area (Å²) in [6.07, 6.45) is 1.49. The molecule has 0 spiro atoms. The van der Waals surface area contributed by atoms with Gasteiger partial charge >= 0.3 is 12.1 Å². The van der Waals surface area contributed by atoms with Gasteiger partial charge in [-0.25, -0.2) is 9.59 Å². The van der Waals surface area contributed by atoms with E-state index in [2.05, 4.69) is 9.30 Å². The summed E-state index contributed by atoms with van der Waals surface area (Å²) in [4.78, 5) is 34.9. The smallest absolute Gasteiger partial charge is 0.413 e. The summed E-state index contributed by atoms with van der Waals surface area (Å²) in [5.74, 6) is -1.77. The van der Waals surface area contributed by atoms with E-state index in [0.717, 1.165) is 36.9 Å². The second-order valence-corrected chi connectivity index (χ2v) is 6.13. The zero-order valence-electron chi connectivity index (χ0n) is 15.2. The van der Waals surface area contributed by atoms with Gasteiger partial charge in [-0.1, -0.05) is 0 Å². The highest BCUT2D eigenvalue weighted by molar-refractivity contribution is 6.00. The number of hydrogen-bond acceptors (Lipinski definition) is 6. The lowest BCUT2D eigenvalue weighted by Crippen LogP contribution is -2.39. The molecule has 1 aromatic rings. The second-order valence-electron chi connectivity index (χ2n) is 6.13. The van der Waals surface area contributed by atoms with Crippen molar-refractivity contribution in [3.05, 3.63) is 28.6 Å². The summed E-state index contributed by atoms with van der Waals surface area (Å²) in [6.45, 7) is 5.21. The molecule has 8 nitrogen and oxygen atoms in total.